The monoisotopic (exact) mass is 396 g/mol. The van der Waals surface area contributed by atoms with Crippen LogP contribution in [0, 0.1) is 0 Å². The Morgan fingerprint density at radius 1 is 0.828 bits per heavy atom. The zero-order chi connectivity index (χ0) is 20.6. The lowest BCUT2D eigenvalue weighted by Gasteiger charge is -2.22. The highest BCUT2D eigenvalue weighted by molar-refractivity contribution is 6.30. The van der Waals surface area contributed by atoms with Crippen LogP contribution < -0.4 is 0 Å². The minimum absolute atomic E-state index is 0.0589. The largest absolute Gasteiger partial charge is 0.0991 e. The van der Waals surface area contributed by atoms with Gasteiger partial charge in [0.15, 0.2) is 0 Å². The molecule has 0 unspecified atom stereocenters. The summed E-state index contributed by atoms with van der Waals surface area (Å²) in [5.41, 5.74) is 10.1. The molecule has 0 nitrogen and oxygen atoms in total. The molecule has 0 aromatic heterocycles. The van der Waals surface area contributed by atoms with E-state index >= 15 is 0 Å². The van der Waals surface area contributed by atoms with E-state index in [-0.39, 0.29) is 5.41 Å². The number of benzene rings is 3. The van der Waals surface area contributed by atoms with Crippen LogP contribution in [-0.2, 0) is 5.41 Å². The van der Waals surface area contributed by atoms with Crippen LogP contribution >= 0.6 is 11.6 Å². The fourth-order valence-electron chi connectivity index (χ4n) is 4.52. The minimum Gasteiger partial charge on any atom is -0.0991 e. The van der Waals surface area contributed by atoms with Gasteiger partial charge >= 0.3 is 0 Å². The van der Waals surface area contributed by atoms with Crippen LogP contribution in [0.4, 0.5) is 0 Å². The van der Waals surface area contributed by atoms with Crippen LogP contribution in [0.5, 0.6) is 0 Å². The van der Waals surface area contributed by atoms with Crippen molar-refractivity contribution in [2.45, 2.75) is 26.2 Å². The lowest BCUT2D eigenvalue weighted by Crippen LogP contribution is -2.15. The summed E-state index contributed by atoms with van der Waals surface area (Å²) in [4.78, 5) is 0. The molecule has 0 bridgehead atoms. The van der Waals surface area contributed by atoms with Gasteiger partial charge in [-0.1, -0.05) is 105 Å². The van der Waals surface area contributed by atoms with Crippen LogP contribution in [0.1, 0.15) is 31.9 Å². The van der Waals surface area contributed by atoms with Crippen molar-refractivity contribution in [3.05, 3.63) is 113 Å². The third-order valence-electron chi connectivity index (χ3n) is 5.92. The van der Waals surface area contributed by atoms with Gasteiger partial charge in [0.05, 0.1) is 0 Å². The first-order chi connectivity index (χ1) is 14.0. The van der Waals surface area contributed by atoms with Crippen LogP contribution in [0.15, 0.2) is 97.1 Å². The molecule has 1 aliphatic carbocycles. The molecule has 0 spiro atoms. The van der Waals surface area contributed by atoms with Gasteiger partial charge in [-0.05, 0) is 63.6 Å². The molecular weight excluding hydrogens is 372 g/mol. The second-order valence-corrected chi connectivity index (χ2v) is 8.36. The average Bonchev–Trinajstić information content (AvgIpc) is 2.95. The Bertz CT molecular complexity index is 1140. The van der Waals surface area contributed by atoms with Crippen LogP contribution in [0.3, 0.4) is 0 Å². The van der Waals surface area contributed by atoms with Crippen LogP contribution in [0.2, 0.25) is 5.02 Å². The minimum atomic E-state index is -0.0589. The molecule has 1 heteroatoms. The molecule has 0 saturated heterocycles. The molecule has 0 saturated carbocycles. The van der Waals surface area contributed by atoms with Crippen molar-refractivity contribution in [3.63, 3.8) is 0 Å². The second-order valence-electron chi connectivity index (χ2n) is 7.92. The van der Waals surface area contributed by atoms with Crippen molar-refractivity contribution in [1.29, 1.82) is 0 Å². The van der Waals surface area contributed by atoms with E-state index < -0.39 is 0 Å². The zero-order valence-corrected chi connectivity index (χ0v) is 17.9. The molecule has 144 valence electrons. The van der Waals surface area contributed by atoms with E-state index in [1.807, 2.05) is 18.2 Å². The van der Waals surface area contributed by atoms with E-state index in [0.29, 0.717) is 0 Å². The molecule has 29 heavy (non-hydrogen) atoms. The van der Waals surface area contributed by atoms with E-state index in [1.165, 1.54) is 44.5 Å². The summed E-state index contributed by atoms with van der Waals surface area (Å²) in [5, 5.41) is 0.754. The lowest BCUT2D eigenvalue weighted by atomic mass is 9.81. The van der Waals surface area contributed by atoms with Gasteiger partial charge in [0.2, 0.25) is 0 Å². The fraction of sp³-hybridized carbons (Fsp3) is 0.143. The van der Waals surface area contributed by atoms with Gasteiger partial charge in [0.1, 0.15) is 0 Å². The van der Waals surface area contributed by atoms with Crippen LogP contribution in [-0.4, -0.2) is 0 Å². The summed E-state index contributed by atoms with van der Waals surface area (Å²) >= 11 is 6.13. The van der Waals surface area contributed by atoms with Crippen molar-refractivity contribution in [2.75, 3.05) is 0 Å². The fourth-order valence-corrected chi connectivity index (χ4v) is 4.65. The van der Waals surface area contributed by atoms with Crippen molar-refractivity contribution in [3.8, 4) is 22.3 Å². The Morgan fingerprint density at radius 2 is 1.48 bits per heavy atom. The quantitative estimate of drug-likeness (QED) is 0.416. The molecule has 0 heterocycles. The van der Waals surface area contributed by atoms with Gasteiger partial charge in [-0.25, -0.2) is 0 Å². The first kappa shape index (κ1) is 19.5. The predicted octanol–water partition coefficient (Wildman–Crippen LogP) is 8.48. The topological polar surface area (TPSA) is 0 Å². The van der Waals surface area contributed by atoms with E-state index in [2.05, 4.69) is 94.1 Å². The van der Waals surface area contributed by atoms with Crippen molar-refractivity contribution in [1.82, 2.24) is 0 Å². The van der Waals surface area contributed by atoms with E-state index in [4.69, 9.17) is 11.6 Å². The molecule has 0 aliphatic heterocycles. The molecule has 0 amide bonds. The SMILES string of the molecule is C=CC=C1/C(=C\C)c2c(-c3ccccc3-c3ccc(Cl)cc3)cccc2C1(C)C. The van der Waals surface area contributed by atoms with Crippen LogP contribution in [0.25, 0.3) is 27.8 Å². The van der Waals surface area contributed by atoms with Gasteiger partial charge in [-0.2, -0.15) is 0 Å². The molecule has 0 fully saturated rings. The van der Waals surface area contributed by atoms with Gasteiger partial charge in [-0.15, -0.1) is 0 Å². The summed E-state index contributed by atoms with van der Waals surface area (Å²) in [7, 11) is 0. The number of halogens is 1. The summed E-state index contributed by atoms with van der Waals surface area (Å²) in [6.45, 7) is 10.7. The highest BCUT2D eigenvalue weighted by Crippen LogP contribution is 2.53. The molecule has 1 aliphatic rings. The third kappa shape index (κ3) is 3.18. The molecule has 0 atom stereocenters. The smallest absolute Gasteiger partial charge is 0.0406 e. The van der Waals surface area contributed by atoms with E-state index in [9.17, 15) is 0 Å². The molecule has 3 aromatic rings. The highest BCUT2D eigenvalue weighted by Gasteiger charge is 2.39. The third-order valence-corrected chi connectivity index (χ3v) is 6.17. The van der Waals surface area contributed by atoms with Gasteiger partial charge < -0.3 is 0 Å². The first-order valence-electron chi connectivity index (χ1n) is 9.98. The van der Waals surface area contributed by atoms with Gasteiger partial charge in [0.25, 0.3) is 0 Å². The Balaban J connectivity index is 2.00. The molecule has 0 N–H and O–H groups in total. The Labute approximate surface area is 178 Å². The summed E-state index contributed by atoms with van der Waals surface area (Å²) in [6, 6.07) is 23.4. The average molecular weight is 397 g/mol. The van der Waals surface area contributed by atoms with Gasteiger partial charge in [0, 0.05) is 10.4 Å². The normalized spacial score (nSPS) is 17.5. The predicted molar refractivity (Wildman–Crippen MR) is 127 cm³/mol. The van der Waals surface area contributed by atoms with Crippen molar-refractivity contribution < 1.29 is 0 Å². The Hall–Kier alpha value is -2.83. The Kier molecular flexibility index (Phi) is 5.06. The second kappa shape index (κ2) is 7.54. The Morgan fingerprint density at radius 3 is 2.14 bits per heavy atom. The molecule has 0 radical (unpaired) electrons. The van der Waals surface area contributed by atoms with E-state index in [1.54, 1.807) is 0 Å². The number of hydrogen-bond donors (Lipinski definition) is 0. The van der Waals surface area contributed by atoms with Crippen molar-refractivity contribution in [2.24, 2.45) is 0 Å². The number of fused-ring (bicyclic) bond motifs is 1. The maximum atomic E-state index is 6.13. The van der Waals surface area contributed by atoms with Crippen molar-refractivity contribution >= 4 is 17.2 Å². The molecular formula is C28H25Cl. The lowest BCUT2D eigenvalue weighted by molar-refractivity contribution is 0.661. The maximum absolute atomic E-state index is 6.13. The molecule has 3 aromatic carbocycles. The molecule has 4 rings (SSSR count). The number of hydrogen-bond acceptors (Lipinski definition) is 0. The number of allylic oxidation sites excluding steroid dienone is 5. The summed E-state index contributed by atoms with van der Waals surface area (Å²) in [6.07, 6.45) is 6.29. The maximum Gasteiger partial charge on any atom is 0.0406 e. The van der Waals surface area contributed by atoms with E-state index in [0.717, 1.165) is 5.02 Å². The number of rotatable bonds is 3. The summed E-state index contributed by atoms with van der Waals surface area (Å²) in [5.74, 6) is 0. The standard InChI is InChI=1S/C28H25Cl/c1-5-10-25-21(6-2)27-24(13-9-14-26(27)28(25,3)4)23-12-8-7-11-22(23)19-15-17-20(29)18-16-19/h5-18H,1H2,2-4H3/b21-6+,25-10?. The first-order valence-corrected chi connectivity index (χ1v) is 10.4. The zero-order valence-electron chi connectivity index (χ0n) is 17.2. The van der Waals surface area contributed by atoms with Gasteiger partial charge in [-0.3, -0.25) is 0 Å². The highest BCUT2D eigenvalue weighted by atomic mass is 35.5. The summed E-state index contributed by atoms with van der Waals surface area (Å²) < 4.78 is 0.